The van der Waals surface area contributed by atoms with Gasteiger partial charge in [0.25, 0.3) is 5.91 Å². The van der Waals surface area contributed by atoms with Crippen LogP contribution in [0.5, 0.6) is 5.75 Å². The fourth-order valence-corrected chi connectivity index (χ4v) is 2.70. The Hall–Kier alpha value is -2.80. The number of benzene rings is 2. The van der Waals surface area contributed by atoms with Gasteiger partial charge in [-0.2, -0.15) is 5.10 Å². The Bertz CT molecular complexity index is 827. The second-order valence-electron chi connectivity index (χ2n) is 4.78. The van der Waals surface area contributed by atoms with Gasteiger partial charge in [0, 0.05) is 0 Å². The van der Waals surface area contributed by atoms with Crippen LogP contribution in [0.25, 0.3) is 11.0 Å². The molecule has 0 spiro atoms. The fraction of sp³-hybridized carbons (Fsp3) is 0.0625. The molecule has 1 heterocycles. The van der Waals surface area contributed by atoms with Crippen molar-refractivity contribution in [3.63, 3.8) is 0 Å². The van der Waals surface area contributed by atoms with Crippen molar-refractivity contribution in [1.29, 1.82) is 0 Å². The number of aromatic nitrogens is 2. The van der Waals surface area contributed by atoms with Crippen LogP contribution < -0.4 is 15.5 Å². The molecule has 0 bridgehead atoms. The Labute approximate surface area is 136 Å². The highest BCUT2D eigenvalue weighted by atomic mass is 32.2. The van der Waals surface area contributed by atoms with E-state index in [4.69, 9.17) is 0 Å². The van der Waals surface area contributed by atoms with E-state index in [1.165, 1.54) is 30.1 Å². The first-order valence-electron chi connectivity index (χ1n) is 6.92. The van der Waals surface area contributed by atoms with Crippen molar-refractivity contribution in [2.75, 3.05) is 5.75 Å². The summed E-state index contributed by atoms with van der Waals surface area (Å²) in [5.41, 5.74) is 5.07. The molecule has 7 heteroatoms. The number of H-pyrrole nitrogens is 2. The monoisotopic (exact) mass is 326 g/mol. The molecule has 3 aromatic rings. The third-order valence-electron chi connectivity index (χ3n) is 3.03. The Morgan fingerprint density at radius 2 is 2.17 bits per heavy atom. The molecule has 3 N–H and O–H groups in total. The summed E-state index contributed by atoms with van der Waals surface area (Å²) in [5, 5.41) is 15.8. The summed E-state index contributed by atoms with van der Waals surface area (Å²) in [6.45, 7) is 0. The van der Waals surface area contributed by atoms with Crippen molar-refractivity contribution >= 4 is 34.9 Å². The number of hydrazone groups is 1. The highest BCUT2D eigenvalue weighted by Gasteiger charge is 2.11. The number of rotatable bonds is 5. The van der Waals surface area contributed by atoms with Crippen LogP contribution in [0, 0.1) is 0 Å². The SMILES string of the molecule is O=C(CSc1[nH]c2ccccc2[nH+]1)NN=Cc1cccc([O-])c1. The zero-order valence-electron chi connectivity index (χ0n) is 12.1. The first kappa shape index (κ1) is 15.1. The molecule has 0 aliphatic rings. The van der Waals surface area contributed by atoms with Gasteiger partial charge in [-0.25, -0.2) is 15.4 Å². The molecule has 23 heavy (non-hydrogen) atoms. The Morgan fingerprint density at radius 3 is 3.00 bits per heavy atom. The number of imidazole rings is 1. The van der Waals surface area contributed by atoms with Gasteiger partial charge < -0.3 is 5.11 Å². The summed E-state index contributed by atoms with van der Waals surface area (Å²) < 4.78 is 0. The first-order chi connectivity index (χ1) is 11.2. The quantitative estimate of drug-likeness (QED) is 0.420. The molecule has 1 amide bonds. The Morgan fingerprint density at radius 1 is 1.30 bits per heavy atom. The van der Waals surface area contributed by atoms with Gasteiger partial charge in [0.1, 0.15) is 0 Å². The van der Waals surface area contributed by atoms with E-state index >= 15 is 0 Å². The topological polar surface area (TPSA) is 94.5 Å². The molecule has 0 atom stereocenters. The van der Waals surface area contributed by atoms with Crippen LogP contribution in [-0.2, 0) is 4.79 Å². The highest BCUT2D eigenvalue weighted by molar-refractivity contribution is 7.99. The number of para-hydroxylation sites is 2. The molecule has 0 saturated heterocycles. The third kappa shape index (κ3) is 4.10. The maximum absolute atomic E-state index is 11.8. The number of nitrogens with zero attached hydrogens (tertiary/aromatic N) is 1. The fourth-order valence-electron chi connectivity index (χ4n) is 1.99. The van der Waals surface area contributed by atoms with E-state index in [9.17, 15) is 9.90 Å². The normalized spacial score (nSPS) is 11.1. The van der Waals surface area contributed by atoms with E-state index in [1.807, 2.05) is 24.3 Å². The first-order valence-corrected chi connectivity index (χ1v) is 7.91. The number of nitrogens with one attached hydrogen (secondary N) is 3. The van der Waals surface area contributed by atoms with E-state index < -0.39 is 0 Å². The minimum Gasteiger partial charge on any atom is -0.872 e. The molecule has 0 aliphatic carbocycles. The van der Waals surface area contributed by atoms with Crippen LogP contribution in [0.3, 0.4) is 0 Å². The number of aromatic amines is 2. The van der Waals surface area contributed by atoms with Crippen LogP contribution in [-0.4, -0.2) is 22.9 Å². The molecule has 2 aromatic carbocycles. The van der Waals surface area contributed by atoms with E-state index in [0.29, 0.717) is 5.56 Å². The van der Waals surface area contributed by atoms with Crippen molar-refractivity contribution in [2.45, 2.75) is 5.16 Å². The summed E-state index contributed by atoms with van der Waals surface area (Å²) in [6.07, 6.45) is 1.44. The second kappa shape index (κ2) is 6.97. The van der Waals surface area contributed by atoms with Crippen LogP contribution in [0.1, 0.15) is 5.56 Å². The highest BCUT2D eigenvalue weighted by Crippen LogP contribution is 2.14. The van der Waals surface area contributed by atoms with Crippen LogP contribution in [0.4, 0.5) is 0 Å². The molecular formula is C16H14N4O2S. The largest absolute Gasteiger partial charge is 0.872 e. The summed E-state index contributed by atoms with van der Waals surface area (Å²) in [5.74, 6) is -0.0933. The summed E-state index contributed by atoms with van der Waals surface area (Å²) in [7, 11) is 0. The lowest BCUT2D eigenvalue weighted by Gasteiger charge is -2.03. The number of hydrogen-bond donors (Lipinski definition) is 2. The Balaban J connectivity index is 1.51. The van der Waals surface area contributed by atoms with Crippen molar-refractivity contribution in [3.8, 4) is 5.75 Å². The summed E-state index contributed by atoms with van der Waals surface area (Å²) >= 11 is 1.36. The number of thioether (sulfide) groups is 1. The summed E-state index contributed by atoms with van der Waals surface area (Å²) in [4.78, 5) is 18.1. The molecule has 3 rings (SSSR count). The van der Waals surface area contributed by atoms with Gasteiger partial charge in [-0.15, -0.1) is 5.75 Å². The molecule has 116 valence electrons. The van der Waals surface area contributed by atoms with Crippen molar-refractivity contribution in [2.24, 2.45) is 5.10 Å². The molecule has 0 saturated carbocycles. The van der Waals surface area contributed by atoms with Gasteiger partial charge in [0.05, 0.1) is 12.0 Å². The number of amides is 1. The van der Waals surface area contributed by atoms with Crippen molar-refractivity contribution in [3.05, 3.63) is 54.1 Å². The average Bonchev–Trinajstić information content (AvgIpc) is 2.96. The van der Waals surface area contributed by atoms with Gasteiger partial charge in [0.2, 0.25) is 0 Å². The molecular weight excluding hydrogens is 312 g/mol. The van der Waals surface area contributed by atoms with E-state index in [2.05, 4.69) is 20.5 Å². The standard InChI is InChI=1S/C16H14N4O2S/c21-12-5-3-4-11(8-12)9-17-20-15(22)10-23-16-18-13-6-1-2-7-14(13)19-16/h1-9,21H,10H2,(H,18,19)(H,20,22). The van der Waals surface area contributed by atoms with Crippen LogP contribution in [0.15, 0.2) is 58.8 Å². The van der Waals surface area contributed by atoms with Crippen LogP contribution >= 0.6 is 11.8 Å². The minimum atomic E-state index is -0.225. The summed E-state index contributed by atoms with van der Waals surface area (Å²) in [6, 6.07) is 14.1. The van der Waals surface area contributed by atoms with Gasteiger partial charge >= 0.3 is 5.16 Å². The lowest BCUT2D eigenvalue weighted by Crippen LogP contribution is -2.20. The Kier molecular flexibility index (Phi) is 4.58. The maximum atomic E-state index is 11.8. The zero-order valence-corrected chi connectivity index (χ0v) is 12.9. The lowest BCUT2D eigenvalue weighted by atomic mass is 10.2. The number of carbonyl (C=O) groups is 1. The van der Waals surface area contributed by atoms with Gasteiger partial charge in [-0.1, -0.05) is 36.4 Å². The third-order valence-corrected chi connectivity index (χ3v) is 3.93. The van der Waals surface area contributed by atoms with Crippen LogP contribution in [0.2, 0.25) is 0 Å². The number of hydrogen-bond acceptors (Lipinski definition) is 4. The molecule has 1 aromatic heterocycles. The molecule has 6 nitrogen and oxygen atoms in total. The molecule has 0 aliphatic heterocycles. The minimum absolute atomic E-state index is 0.0924. The lowest BCUT2D eigenvalue weighted by molar-refractivity contribution is -0.396. The van der Waals surface area contributed by atoms with Gasteiger partial charge in [0.15, 0.2) is 11.0 Å². The molecule has 0 unspecified atom stereocenters. The average molecular weight is 326 g/mol. The van der Waals surface area contributed by atoms with Gasteiger partial charge in [-0.3, -0.25) is 4.79 Å². The predicted molar refractivity (Wildman–Crippen MR) is 87.2 cm³/mol. The van der Waals surface area contributed by atoms with Gasteiger partial charge in [-0.05, 0) is 29.5 Å². The molecule has 0 fully saturated rings. The van der Waals surface area contributed by atoms with E-state index in [0.717, 1.165) is 16.2 Å². The maximum Gasteiger partial charge on any atom is 0.315 e. The number of carbonyl (C=O) groups excluding carboxylic acids is 1. The van der Waals surface area contributed by atoms with Crippen molar-refractivity contribution in [1.82, 2.24) is 10.4 Å². The number of fused-ring (bicyclic) bond motifs is 1. The molecule has 0 radical (unpaired) electrons. The van der Waals surface area contributed by atoms with Crippen molar-refractivity contribution < 1.29 is 14.9 Å². The predicted octanol–water partition coefficient (Wildman–Crippen LogP) is 1.30. The zero-order chi connectivity index (χ0) is 16.1. The smallest absolute Gasteiger partial charge is 0.315 e. The second-order valence-corrected chi connectivity index (χ2v) is 5.76. The van der Waals surface area contributed by atoms with E-state index in [1.54, 1.807) is 12.1 Å². The van der Waals surface area contributed by atoms with E-state index in [-0.39, 0.29) is 17.4 Å².